The molecule has 0 saturated carbocycles. The Morgan fingerprint density at radius 3 is 3.00 bits per heavy atom. The quantitative estimate of drug-likeness (QED) is 0.834. The molecular formula is C12H14N2OS. The first-order chi connectivity index (χ1) is 7.88. The van der Waals surface area contributed by atoms with Gasteiger partial charge in [-0.2, -0.15) is 0 Å². The first kappa shape index (κ1) is 11.1. The minimum Gasteiger partial charge on any atom is -0.392 e. The average molecular weight is 234 g/mol. The van der Waals surface area contributed by atoms with Crippen LogP contribution in [0.2, 0.25) is 0 Å². The largest absolute Gasteiger partial charge is 0.392 e. The number of hydrogen-bond acceptors (Lipinski definition) is 4. The van der Waals surface area contributed by atoms with Crippen LogP contribution in [0.3, 0.4) is 0 Å². The molecule has 2 rings (SSSR count). The van der Waals surface area contributed by atoms with Gasteiger partial charge in [0, 0.05) is 29.7 Å². The Kier molecular flexibility index (Phi) is 3.91. The molecule has 1 aromatic heterocycles. The number of hydrogen-bond donors (Lipinski definition) is 2. The molecule has 1 heterocycles. The Balaban J connectivity index is 1.85. The number of aromatic nitrogens is 1. The third-order valence-electron chi connectivity index (χ3n) is 2.30. The van der Waals surface area contributed by atoms with E-state index in [2.05, 4.69) is 9.69 Å². The van der Waals surface area contributed by atoms with E-state index in [1.165, 1.54) is 16.4 Å². The van der Waals surface area contributed by atoms with E-state index in [-0.39, 0.29) is 6.61 Å². The summed E-state index contributed by atoms with van der Waals surface area (Å²) in [7, 11) is 0. The summed E-state index contributed by atoms with van der Waals surface area (Å²) in [5.74, 6) is 0. The minimum absolute atomic E-state index is 0.0877. The van der Waals surface area contributed by atoms with Crippen molar-refractivity contribution in [3.63, 3.8) is 0 Å². The fourth-order valence-electron chi connectivity index (χ4n) is 1.48. The van der Waals surface area contributed by atoms with Gasteiger partial charge in [0.25, 0.3) is 0 Å². The molecule has 0 radical (unpaired) electrons. The topological polar surface area (TPSA) is 45.1 Å². The van der Waals surface area contributed by atoms with E-state index < -0.39 is 0 Å². The van der Waals surface area contributed by atoms with Gasteiger partial charge in [-0.25, -0.2) is 4.37 Å². The number of nitrogens with zero attached hydrogens (tertiary/aromatic N) is 1. The van der Waals surface area contributed by atoms with Gasteiger partial charge >= 0.3 is 0 Å². The highest BCUT2D eigenvalue weighted by atomic mass is 32.1. The molecule has 0 aliphatic carbocycles. The van der Waals surface area contributed by atoms with Crippen LogP contribution in [0.25, 0.3) is 0 Å². The zero-order valence-electron chi connectivity index (χ0n) is 8.89. The van der Waals surface area contributed by atoms with Crippen LogP contribution in [0, 0.1) is 0 Å². The summed E-state index contributed by atoms with van der Waals surface area (Å²) in [6, 6.07) is 9.87. The van der Waals surface area contributed by atoms with E-state index in [1.54, 1.807) is 0 Å². The van der Waals surface area contributed by atoms with Crippen molar-refractivity contribution in [3.8, 4) is 0 Å². The second-order valence-electron chi connectivity index (χ2n) is 3.51. The Morgan fingerprint density at radius 1 is 1.31 bits per heavy atom. The summed E-state index contributed by atoms with van der Waals surface area (Å²) in [5.41, 5.74) is 1.99. The molecule has 0 unspecified atom stereocenters. The fourth-order valence-corrected chi connectivity index (χ4v) is 2.05. The number of benzene rings is 1. The highest BCUT2D eigenvalue weighted by Gasteiger charge is 1.96. The van der Waals surface area contributed by atoms with E-state index in [0.29, 0.717) is 0 Å². The minimum atomic E-state index is 0.0877. The molecule has 2 aromatic rings. The molecule has 0 aliphatic rings. The summed E-state index contributed by atoms with van der Waals surface area (Å²) in [6.45, 7) is 0.974. The maximum atomic E-state index is 9.00. The fraction of sp³-hybridized carbons (Fsp3) is 0.250. The molecular weight excluding hydrogens is 220 g/mol. The van der Waals surface area contributed by atoms with Crippen molar-refractivity contribution in [2.24, 2.45) is 0 Å². The predicted octanol–water partition coefficient (Wildman–Crippen LogP) is 2.29. The van der Waals surface area contributed by atoms with Crippen LogP contribution in [-0.4, -0.2) is 16.0 Å². The number of aliphatic hydroxyl groups excluding tert-OH is 1. The van der Waals surface area contributed by atoms with E-state index in [4.69, 9.17) is 5.11 Å². The van der Waals surface area contributed by atoms with Crippen LogP contribution in [0.5, 0.6) is 0 Å². The van der Waals surface area contributed by atoms with Gasteiger partial charge in [-0.15, -0.1) is 0 Å². The molecule has 0 fully saturated rings. The number of nitrogens with one attached hydrogen (secondary N) is 1. The van der Waals surface area contributed by atoms with Gasteiger partial charge < -0.3 is 10.4 Å². The molecule has 16 heavy (non-hydrogen) atoms. The predicted molar refractivity (Wildman–Crippen MR) is 66.7 cm³/mol. The van der Waals surface area contributed by atoms with Crippen molar-refractivity contribution in [2.75, 3.05) is 11.9 Å². The third-order valence-corrected chi connectivity index (χ3v) is 3.10. The van der Waals surface area contributed by atoms with Crippen molar-refractivity contribution < 1.29 is 5.11 Å². The SMILES string of the molecule is OCc1cccc(NCCc2ccns2)c1. The van der Waals surface area contributed by atoms with Crippen molar-refractivity contribution in [3.05, 3.63) is 47.0 Å². The molecule has 0 aliphatic heterocycles. The summed E-state index contributed by atoms with van der Waals surface area (Å²) in [6.07, 6.45) is 2.81. The maximum absolute atomic E-state index is 9.00. The molecule has 4 heteroatoms. The maximum Gasteiger partial charge on any atom is 0.0682 e. The van der Waals surface area contributed by atoms with Gasteiger partial charge in [0.1, 0.15) is 0 Å². The summed E-state index contributed by atoms with van der Waals surface area (Å²) in [5, 5.41) is 12.3. The second kappa shape index (κ2) is 5.63. The number of anilines is 1. The van der Waals surface area contributed by atoms with Gasteiger partial charge in [-0.05, 0) is 35.3 Å². The highest BCUT2D eigenvalue weighted by Crippen LogP contribution is 2.11. The van der Waals surface area contributed by atoms with E-state index in [1.807, 2.05) is 36.5 Å². The van der Waals surface area contributed by atoms with Crippen LogP contribution in [0.4, 0.5) is 5.69 Å². The lowest BCUT2D eigenvalue weighted by atomic mass is 10.2. The zero-order chi connectivity index (χ0) is 11.2. The molecule has 1 aromatic carbocycles. The van der Waals surface area contributed by atoms with Gasteiger partial charge in [-0.3, -0.25) is 0 Å². The van der Waals surface area contributed by atoms with Crippen molar-refractivity contribution in [1.82, 2.24) is 4.37 Å². The monoisotopic (exact) mass is 234 g/mol. The molecule has 0 bridgehead atoms. The van der Waals surface area contributed by atoms with Crippen LogP contribution in [0.15, 0.2) is 36.5 Å². The van der Waals surface area contributed by atoms with Crippen LogP contribution in [0.1, 0.15) is 10.4 Å². The average Bonchev–Trinajstić information content (AvgIpc) is 2.82. The molecule has 84 valence electrons. The van der Waals surface area contributed by atoms with E-state index in [9.17, 15) is 0 Å². The molecule has 0 amide bonds. The van der Waals surface area contributed by atoms with Crippen LogP contribution in [-0.2, 0) is 13.0 Å². The highest BCUT2D eigenvalue weighted by molar-refractivity contribution is 7.05. The van der Waals surface area contributed by atoms with Crippen molar-refractivity contribution in [2.45, 2.75) is 13.0 Å². The van der Waals surface area contributed by atoms with Gasteiger partial charge in [0.05, 0.1) is 6.61 Å². The van der Waals surface area contributed by atoms with Gasteiger partial charge in [-0.1, -0.05) is 12.1 Å². The molecule has 0 saturated heterocycles. The van der Waals surface area contributed by atoms with Crippen LogP contribution >= 0.6 is 11.5 Å². The number of aliphatic hydroxyl groups is 1. The van der Waals surface area contributed by atoms with Gasteiger partial charge in [0.15, 0.2) is 0 Å². The lowest BCUT2D eigenvalue weighted by molar-refractivity contribution is 0.282. The second-order valence-corrected chi connectivity index (χ2v) is 4.43. The van der Waals surface area contributed by atoms with E-state index >= 15 is 0 Å². The Hall–Kier alpha value is -1.39. The first-order valence-electron chi connectivity index (χ1n) is 5.22. The normalized spacial score (nSPS) is 10.3. The summed E-state index contributed by atoms with van der Waals surface area (Å²) < 4.78 is 4.06. The Morgan fingerprint density at radius 2 is 2.25 bits per heavy atom. The smallest absolute Gasteiger partial charge is 0.0682 e. The van der Waals surface area contributed by atoms with E-state index in [0.717, 1.165) is 24.2 Å². The van der Waals surface area contributed by atoms with Crippen molar-refractivity contribution in [1.29, 1.82) is 0 Å². The standard InChI is InChI=1S/C12H14N2OS/c15-9-10-2-1-3-11(8-10)13-6-4-12-5-7-14-16-12/h1-3,5,7-8,13,15H,4,6,9H2. The lowest BCUT2D eigenvalue weighted by Crippen LogP contribution is -2.04. The van der Waals surface area contributed by atoms with Crippen molar-refractivity contribution >= 4 is 17.2 Å². The molecule has 2 N–H and O–H groups in total. The number of rotatable bonds is 5. The summed E-state index contributed by atoms with van der Waals surface area (Å²) in [4.78, 5) is 1.28. The van der Waals surface area contributed by atoms with Crippen LogP contribution < -0.4 is 5.32 Å². The molecule has 0 spiro atoms. The zero-order valence-corrected chi connectivity index (χ0v) is 9.70. The summed E-state index contributed by atoms with van der Waals surface area (Å²) >= 11 is 1.54. The molecule has 0 atom stereocenters. The Bertz CT molecular complexity index is 428. The third kappa shape index (κ3) is 3.05. The van der Waals surface area contributed by atoms with Gasteiger partial charge in [0.2, 0.25) is 0 Å². The lowest BCUT2D eigenvalue weighted by Gasteiger charge is -2.06. The Labute approximate surface area is 98.9 Å². The first-order valence-corrected chi connectivity index (χ1v) is 5.99. The molecule has 3 nitrogen and oxygen atoms in total.